The van der Waals surface area contributed by atoms with Gasteiger partial charge in [0.15, 0.2) is 0 Å². The zero-order valence-electron chi connectivity index (χ0n) is 26.4. The Hall–Kier alpha value is -2.04. The first-order valence-corrected chi connectivity index (χ1v) is 16.9. The van der Waals surface area contributed by atoms with Crippen LogP contribution in [0.2, 0.25) is 0 Å². The van der Waals surface area contributed by atoms with Crippen molar-refractivity contribution in [2.24, 2.45) is 52.3 Å². The molecule has 0 radical (unpaired) electrons. The van der Waals surface area contributed by atoms with E-state index in [2.05, 4.69) is 51.3 Å². The smallest absolute Gasteiger partial charge is 0.407 e. The van der Waals surface area contributed by atoms with E-state index in [1.54, 1.807) is 5.57 Å². The van der Waals surface area contributed by atoms with Crippen LogP contribution >= 0.6 is 0 Å². The van der Waals surface area contributed by atoms with Crippen molar-refractivity contribution in [1.82, 2.24) is 10.6 Å². The van der Waals surface area contributed by atoms with Crippen molar-refractivity contribution >= 4 is 12.0 Å². The molecule has 0 aromatic carbocycles. The normalized spacial score (nSPS) is 36.7. The van der Waals surface area contributed by atoms with Crippen molar-refractivity contribution in [3.8, 4) is 0 Å². The Balaban J connectivity index is 1.12. The molecule has 5 aliphatic rings. The van der Waals surface area contributed by atoms with E-state index in [1.165, 1.54) is 51.4 Å². The van der Waals surface area contributed by atoms with E-state index < -0.39 is 0 Å². The lowest BCUT2D eigenvalue weighted by molar-refractivity contribution is -0.122. The molecule has 8 atom stereocenters. The van der Waals surface area contributed by atoms with Gasteiger partial charge in [-0.1, -0.05) is 89.8 Å². The number of hydrogen-bond donors (Lipinski definition) is 2. The standard InChI is InChI=1S/C36H56N2O3/c1-24(2)9-8-10-25(3)30-15-16-31-29-14-13-27-23-28(17-19-35(27,4)32(29)18-20-36(30,31)5)41-34(40)38-22-21-37-33(39)26-11-6-7-12-26/h6-7,11-13,24-26,28-32H,8-10,14-23H2,1-5H3,(H,37,39)(H,38,40)/t25-,28+,29+,30-,31+,32+,35+,36-/m1/s1. The second-order valence-corrected chi connectivity index (χ2v) is 15.1. The van der Waals surface area contributed by atoms with Crippen molar-refractivity contribution in [2.75, 3.05) is 13.1 Å². The maximum Gasteiger partial charge on any atom is 0.407 e. The first kappa shape index (κ1) is 30.4. The highest BCUT2D eigenvalue weighted by Crippen LogP contribution is 2.67. The lowest BCUT2D eigenvalue weighted by Crippen LogP contribution is -2.51. The van der Waals surface area contributed by atoms with E-state index >= 15 is 0 Å². The molecule has 5 nitrogen and oxygen atoms in total. The van der Waals surface area contributed by atoms with Crippen LogP contribution in [-0.2, 0) is 9.53 Å². The molecule has 0 saturated heterocycles. The van der Waals surface area contributed by atoms with Crippen molar-refractivity contribution in [1.29, 1.82) is 0 Å². The molecular formula is C36H56N2O3. The van der Waals surface area contributed by atoms with Crippen LogP contribution in [0.1, 0.15) is 105 Å². The van der Waals surface area contributed by atoms with Crippen LogP contribution in [0.3, 0.4) is 0 Å². The lowest BCUT2D eigenvalue weighted by atomic mass is 9.47. The Morgan fingerprint density at radius 2 is 1.71 bits per heavy atom. The van der Waals surface area contributed by atoms with Gasteiger partial charge in [0.25, 0.3) is 0 Å². The molecule has 5 heteroatoms. The Bertz CT molecular complexity index is 1030. The molecule has 2 N–H and O–H groups in total. The molecule has 41 heavy (non-hydrogen) atoms. The molecule has 0 heterocycles. The van der Waals surface area contributed by atoms with Gasteiger partial charge in [-0.3, -0.25) is 4.79 Å². The van der Waals surface area contributed by atoms with Crippen molar-refractivity contribution < 1.29 is 14.3 Å². The molecule has 0 spiro atoms. The van der Waals surface area contributed by atoms with Crippen molar-refractivity contribution in [3.63, 3.8) is 0 Å². The molecule has 0 aliphatic heterocycles. The van der Waals surface area contributed by atoms with Gasteiger partial charge >= 0.3 is 6.09 Å². The molecule has 0 unspecified atom stereocenters. The Morgan fingerprint density at radius 3 is 2.46 bits per heavy atom. The number of alkyl carbamates (subject to hydrolysis) is 1. The van der Waals surface area contributed by atoms with Crippen LogP contribution in [0.15, 0.2) is 36.0 Å². The molecule has 0 bridgehead atoms. The highest BCUT2D eigenvalue weighted by atomic mass is 16.6. The minimum Gasteiger partial charge on any atom is -0.446 e. The van der Waals surface area contributed by atoms with Gasteiger partial charge in [0.05, 0.1) is 5.92 Å². The summed E-state index contributed by atoms with van der Waals surface area (Å²) in [5.41, 5.74) is 2.32. The average Bonchev–Trinajstić information content (AvgIpc) is 3.59. The lowest BCUT2D eigenvalue weighted by Gasteiger charge is -2.58. The monoisotopic (exact) mass is 564 g/mol. The van der Waals surface area contributed by atoms with Crippen LogP contribution < -0.4 is 10.6 Å². The number of fused-ring (bicyclic) bond motifs is 5. The number of allylic oxidation sites excluding steroid dienone is 3. The summed E-state index contributed by atoms with van der Waals surface area (Å²) in [6, 6.07) is 0. The van der Waals surface area contributed by atoms with Crippen LogP contribution in [0, 0.1) is 52.3 Å². The zero-order valence-corrected chi connectivity index (χ0v) is 26.4. The van der Waals surface area contributed by atoms with Crippen molar-refractivity contribution in [2.45, 2.75) is 111 Å². The van der Waals surface area contributed by atoms with Gasteiger partial charge in [-0.25, -0.2) is 4.79 Å². The van der Waals surface area contributed by atoms with Crippen LogP contribution in [0.25, 0.3) is 0 Å². The van der Waals surface area contributed by atoms with E-state index in [-0.39, 0.29) is 29.4 Å². The van der Waals surface area contributed by atoms with E-state index in [9.17, 15) is 9.59 Å². The number of carbonyl (C=O) groups excluding carboxylic acids is 2. The fourth-order valence-electron chi connectivity index (χ4n) is 10.0. The molecule has 0 aromatic rings. The molecule has 3 fully saturated rings. The molecular weight excluding hydrogens is 508 g/mol. The van der Waals surface area contributed by atoms with Crippen LogP contribution in [-0.4, -0.2) is 31.2 Å². The number of hydrogen-bond acceptors (Lipinski definition) is 3. The van der Waals surface area contributed by atoms with Gasteiger partial charge < -0.3 is 15.4 Å². The first-order valence-electron chi connectivity index (χ1n) is 16.9. The molecule has 0 aromatic heterocycles. The maximum atomic E-state index is 12.5. The fourth-order valence-corrected chi connectivity index (χ4v) is 10.0. The number of ether oxygens (including phenoxy) is 1. The van der Waals surface area contributed by atoms with E-state index in [0.717, 1.165) is 54.8 Å². The zero-order chi connectivity index (χ0) is 29.2. The average molecular weight is 565 g/mol. The number of nitrogens with one attached hydrogen (secondary N) is 2. The molecule has 3 saturated carbocycles. The number of amides is 2. The predicted molar refractivity (Wildman–Crippen MR) is 166 cm³/mol. The minimum absolute atomic E-state index is 0.0356. The number of rotatable bonds is 10. The quantitative estimate of drug-likeness (QED) is 0.209. The topological polar surface area (TPSA) is 67.4 Å². The summed E-state index contributed by atoms with van der Waals surface area (Å²) in [4.78, 5) is 24.6. The third-order valence-corrected chi connectivity index (χ3v) is 12.3. The summed E-state index contributed by atoms with van der Waals surface area (Å²) in [5.74, 6) is 4.80. The van der Waals surface area contributed by atoms with Crippen molar-refractivity contribution in [3.05, 3.63) is 36.0 Å². The maximum absolute atomic E-state index is 12.5. The Kier molecular flexibility index (Phi) is 9.40. The minimum atomic E-state index is -0.365. The SMILES string of the molecule is CC(C)CCC[C@@H](C)[C@H]1CC[C@H]2[C@@H]3CC=C4C[C@@H](OC(=O)NCCNC(=O)C5C=CC=C5)CC[C@]4(C)[C@H]3CC[C@]12C. The Morgan fingerprint density at radius 1 is 0.951 bits per heavy atom. The Labute approximate surface area is 249 Å². The molecule has 5 rings (SSSR count). The van der Waals surface area contributed by atoms with E-state index in [4.69, 9.17) is 4.74 Å². The molecule has 228 valence electrons. The van der Waals surface area contributed by atoms with Gasteiger partial charge in [0.1, 0.15) is 6.10 Å². The fraction of sp³-hybridized carbons (Fsp3) is 0.778. The number of carbonyl (C=O) groups is 2. The summed E-state index contributed by atoms with van der Waals surface area (Å²) < 4.78 is 5.87. The van der Waals surface area contributed by atoms with Gasteiger partial charge in [-0.2, -0.15) is 0 Å². The molecule has 2 amide bonds. The van der Waals surface area contributed by atoms with E-state index in [0.29, 0.717) is 18.5 Å². The summed E-state index contributed by atoms with van der Waals surface area (Å²) in [7, 11) is 0. The van der Waals surface area contributed by atoms with Crippen LogP contribution in [0.5, 0.6) is 0 Å². The third-order valence-electron chi connectivity index (χ3n) is 12.3. The third kappa shape index (κ3) is 6.34. The summed E-state index contributed by atoms with van der Waals surface area (Å²) in [6.07, 6.45) is 23.6. The highest BCUT2D eigenvalue weighted by Gasteiger charge is 2.59. The van der Waals surface area contributed by atoms with Gasteiger partial charge in [-0.15, -0.1) is 0 Å². The second kappa shape index (κ2) is 12.7. The predicted octanol–water partition coefficient (Wildman–Crippen LogP) is 7.98. The second-order valence-electron chi connectivity index (χ2n) is 15.1. The van der Waals surface area contributed by atoms with Crippen LogP contribution in [0.4, 0.5) is 4.79 Å². The highest BCUT2D eigenvalue weighted by molar-refractivity contribution is 5.83. The largest absolute Gasteiger partial charge is 0.446 e. The van der Waals surface area contributed by atoms with E-state index in [1.807, 2.05) is 24.3 Å². The molecule has 5 aliphatic carbocycles. The van der Waals surface area contributed by atoms with Gasteiger partial charge in [0, 0.05) is 19.5 Å². The summed E-state index contributed by atoms with van der Waals surface area (Å²) >= 11 is 0. The summed E-state index contributed by atoms with van der Waals surface area (Å²) in [6.45, 7) is 13.3. The first-order chi connectivity index (χ1) is 19.6. The van der Waals surface area contributed by atoms with Gasteiger partial charge in [-0.05, 0) is 91.3 Å². The van der Waals surface area contributed by atoms with Gasteiger partial charge in [0.2, 0.25) is 5.91 Å². The summed E-state index contributed by atoms with van der Waals surface area (Å²) in [5, 5.41) is 5.70.